The molecule has 1 aliphatic rings. The lowest BCUT2D eigenvalue weighted by Gasteiger charge is -2.34. The Hall–Kier alpha value is -0.160. The van der Waals surface area contributed by atoms with Crippen molar-refractivity contribution < 1.29 is 9.84 Å². The Labute approximate surface area is 99.0 Å². The van der Waals surface area contributed by atoms with Gasteiger partial charge < -0.3 is 20.1 Å². The summed E-state index contributed by atoms with van der Waals surface area (Å²) < 4.78 is 5.28. The molecule has 0 bridgehead atoms. The molecule has 0 aromatic carbocycles. The van der Waals surface area contributed by atoms with Gasteiger partial charge in [0.25, 0.3) is 0 Å². The lowest BCUT2D eigenvalue weighted by Crippen LogP contribution is -2.41. The molecule has 1 aliphatic carbocycles. The number of aliphatic hydroxyl groups is 1. The zero-order chi connectivity index (χ0) is 11.8. The molecule has 0 aliphatic heterocycles. The molecular formula is C12H26N2O2. The van der Waals surface area contributed by atoms with Crippen LogP contribution in [0.1, 0.15) is 25.7 Å². The summed E-state index contributed by atoms with van der Waals surface area (Å²) in [7, 11) is 4.23. The summed E-state index contributed by atoms with van der Waals surface area (Å²) in [5.74, 6) is 0. The van der Waals surface area contributed by atoms with Gasteiger partial charge in [0, 0.05) is 18.6 Å². The van der Waals surface area contributed by atoms with Crippen LogP contribution in [0.25, 0.3) is 0 Å². The zero-order valence-electron chi connectivity index (χ0n) is 10.6. The summed E-state index contributed by atoms with van der Waals surface area (Å²) in [5, 5.41) is 11.9. The van der Waals surface area contributed by atoms with E-state index in [4.69, 9.17) is 9.84 Å². The number of likely N-dealkylation sites (N-methyl/N-ethyl adjacent to an activating group) is 1. The van der Waals surface area contributed by atoms with Gasteiger partial charge in [0.15, 0.2) is 0 Å². The first-order valence-electron chi connectivity index (χ1n) is 6.34. The van der Waals surface area contributed by atoms with Gasteiger partial charge in [-0.1, -0.05) is 0 Å². The number of nitrogens with one attached hydrogen (secondary N) is 1. The van der Waals surface area contributed by atoms with Gasteiger partial charge in [-0.25, -0.2) is 0 Å². The number of ether oxygens (including phenoxy) is 1. The number of aliphatic hydroxyl groups excluding tert-OH is 1. The van der Waals surface area contributed by atoms with Gasteiger partial charge in [0.2, 0.25) is 0 Å². The molecule has 0 aromatic heterocycles. The molecule has 0 aromatic rings. The summed E-state index contributed by atoms with van der Waals surface area (Å²) in [6, 6.07) is 1.43. The smallest absolute Gasteiger partial charge is 0.0698 e. The number of rotatable bonds is 7. The summed E-state index contributed by atoms with van der Waals surface area (Å²) in [6.07, 6.45) is 5.12. The van der Waals surface area contributed by atoms with Crippen molar-refractivity contribution in [3.05, 3.63) is 0 Å². The molecule has 96 valence electrons. The second-order valence-corrected chi connectivity index (χ2v) is 4.61. The minimum absolute atomic E-state index is 0.122. The zero-order valence-corrected chi connectivity index (χ0v) is 10.6. The summed E-state index contributed by atoms with van der Waals surface area (Å²) in [4.78, 5) is 2.39. The Balaban J connectivity index is 2.10. The summed E-state index contributed by atoms with van der Waals surface area (Å²) >= 11 is 0. The van der Waals surface area contributed by atoms with Gasteiger partial charge in [-0.15, -0.1) is 0 Å². The van der Waals surface area contributed by atoms with E-state index in [1.54, 1.807) is 0 Å². The Bertz CT molecular complexity index is 170. The van der Waals surface area contributed by atoms with Crippen LogP contribution in [0.2, 0.25) is 0 Å². The summed E-state index contributed by atoms with van der Waals surface area (Å²) in [5.41, 5.74) is 0. The predicted molar refractivity (Wildman–Crippen MR) is 65.6 cm³/mol. The van der Waals surface area contributed by atoms with Crippen LogP contribution in [0.4, 0.5) is 0 Å². The molecule has 1 fully saturated rings. The van der Waals surface area contributed by atoms with Crippen molar-refractivity contribution in [2.24, 2.45) is 0 Å². The van der Waals surface area contributed by atoms with Crippen LogP contribution in [-0.2, 0) is 4.74 Å². The molecule has 1 saturated carbocycles. The maximum Gasteiger partial charge on any atom is 0.0698 e. The maximum absolute atomic E-state index is 8.59. The molecule has 2 N–H and O–H groups in total. The van der Waals surface area contributed by atoms with Gasteiger partial charge in [0.05, 0.1) is 19.8 Å². The molecule has 1 rings (SSSR count). The monoisotopic (exact) mass is 230 g/mol. The van der Waals surface area contributed by atoms with Crippen molar-refractivity contribution in [1.29, 1.82) is 0 Å². The first-order valence-corrected chi connectivity index (χ1v) is 6.34. The second-order valence-electron chi connectivity index (χ2n) is 4.61. The van der Waals surface area contributed by atoms with Crippen molar-refractivity contribution in [2.75, 3.05) is 40.5 Å². The van der Waals surface area contributed by atoms with Crippen molar-refractivity contribution in [2.45, 2.75) is 37.8 Å². The second kappa shape index (κ2) is 8.01. The fourth-order valence-corrected chi connectivity index (χ4v) is 2.36. The van der Waals surface area contributed by atoms with Gasteiger partial charge in [0.1, 0.15) is 0 Å². The Morgan fingerprint density at radius 3 is 2.50 bits per heavy atom. The highest BCUT2D eigenvalue weighted by Crippen LogP contribution is 2.21. The van der Waals surface area contributed by atoms with Crippen LogP contribution in [0.3, 0.4) is 0 Å². The molecule has 0 saturated heterocycles. The van der Waals surface area contributed by atoms with Crippen LogP contribution < -0.4 is 5.32 Å². The SMILES string of the molecule is CNC1CCC(N(C)CCOCCO)CC1. The van der Waals surface area contributed by atoms with Gasteiger partial charge in [-0.05, 0) is 39.8 Å². The molecule has 0 heterocycles. The molecule has 4 nitrogen and oxygen atoms in total. The molecule has 0 unspecified atom stereocenters. The average Bonchev–Trinajstić information content (AvgIpc) is 2.34. The van der Waals surface area contributed by atoms with Crippen molar-refractivity contribution in [3.63, 3.8) is 0 Å². The lowest BCUT2D eigenvalue weighted by molar-refractivity contribution is 0.0643. The van der Waals surface area contributed by atoms with E-state index in [1.807, 2.05) is 0 Å². The molecule has 4 heteroatoms. The highest BCUT2D eigenvalue weighted by atomic mass is 16.5. The molecule has 0 radical (unpaired) electrons. The van der Waals surface area contributed by atoms with E-state index in [9.17, 15) is 0 Å². The van der Waals surface area contributed by atoms with E-state index in [0.29, 0.717) is 12.6 Å². The Morgan fingerprint density at radius 1 is 1.25 bits per heavy atom. The Kier molecular flexibility index (Phi) is 6.96. The lowest BCUT2D eigenvalue weighted by atomic mass is 9.90. The first-order chi connectivity index (χ1) is 7.77. The largest absolute Gasteiger partial charge is 0.394 e. The third-order valence-corrected chi connectivity index (χ3v) is 3.55. The fourth-order valence-electron chi connectivity index (χ4n) is 2.36. The third-order valence-electron chi connectivity index (χ3n) is 3.55. The molecule has 16 heavy (non-hydrogen) atoms. The third kappa shape index (κ3) is 4.78. The maximum atomic E-state index is 8.59. The van der Waals surface area contributed by atoms with Gasteiger partial charge in [-0.3, -0.25) is 0 Å². The number of hydrogen-bond acceptors (Lipinski definition) is 4. The predicted octanol–water partition coefficient (Wildman–Crippen LogP) is 0.458. The van der Waals surface area contributed by atoms with E-state index in [0.717, 1.165) is 19.2 Å². The highest BCUT2D eigenvalue weighted by molar-refractivity contribution is 4.80. The van der Waals surface area contributed by atoms with Crippen molar-refractivity contribution in [1.82, 2.24) is 10.2 Å². The highest BCUT2D eigenvalue weighted by Gasteiger charge is 2.22. The number of hydrogen-bond donors (Lipinski definition) is 2. The van der Waals surface area contributed by atoms with Crippen molar-refractivity contribution >= 4 is 0 Å². The number of nitrogens with zero attached hydrogens (tertiary/aromatic N) is 1. The van der Waals surface area contributed by atoms with Crippen LogP contribution in [0, 0.1) is 0 Å². The molecule has 0 atom stereocenters. The minimum Gasteiger partial charge on any atom is -0.394 e. The van der Waals surface area contributed by atoms with Gasteiger partial charge in [-0.2, -0.15) is 0 Å². The van der Waals surface area contributed by atoms with E-state index < -0.39 is 0 Å². The molecule has 0 spiro atoms. The van der Waals surface area contributed by atoms with Crippen LogP contribution in [-0.4, -0.2) is 62.6 Å². The van der Waals surface area contributed by atoms with Crippen LogP contribution >= 0.6 is 0 Å². The van der Waals surface area contributed by atoms with E-state index in [-0.39, 0.29) is 6.61 Å². The van der Waals surface area contributed by atoms with Crippen LogP contribution in [0.5, 0.6) is 0 Å². The topological polar surface area (TPSA) is 44.7 Å². The average molecular weight is 230 g/mol. The quantitative estimate of drug-likeness (QED) is 0.624. The van der Waals surface area contributed by atoms with Crippen LogP contribution in [0.15, 0.2) is 0 Å². The molecular weight excluding hydrogens is 204 g/mol. The normalized spacial score (nSPS) is 26.2. The van der Waals surface area contributed by atoms with E-state index in [1.165, 1.54) is 25.7 Å². The van der Waals surface area contributed by atoms with E-state index >= 15 is 0 Å². The molecule has 0 amide bonds. The van der Waals surface area contributed by atoms with E-state index in [2.05, 4.69) is 24.3 Å². The fraction of sp³-hybridized carbons (Fsp3) is 1.00. The Morgan fingerprint density at radius 2 is 1.94 bits per heavy atom. The standard InChI is InChI=1S/C12H26N2O2/c1-13-11-3-5-12(6-4-11)14(2)7-9-16-10-8-15/h11-13,15H,3-10H2,1-2H3. The summed E-state index contributed by atoms with van der Waals surface area (Å²) in [6.45, 7) is 2.27. The minimum atomic E-state index is 0.122. The first kappa shape index (κ1) is 13.9. The van der Waals surface area contributed by atoms with Gasteiger partial charge >= 0.3 is 0 Å². The van der Waals surface area contributed by atoms with Crippen molar-refractivity contribution in [3.8, 4) is 0 Å².